The molecule has 0 aliphatic rings. The van der Waals surface area contributed by atoms with E-state index in [2.05, 4.69) is 41.0 Å². The Kier molecular flexibility index (Phi) is 4.64. The number of para-hydroxylation sites is 1. The van der Waals surface area contributed by atoms with Gasteiger partial charge < -0.3 is 10.0 Å². The molecule has 0 aliphatic heterocycles. The first-order chi connectivity index (χ1) is 17.7. The second-order valence-electron chi connectivity index (χ2n) is 8.92. The van der Waals surface area contributed by atoms with Crippen molar-refractivity contribution in [1.82, 2.24) is 14.5 Å². The third-order valence-electron chi connectivity index (χ3n) is 6.82. The lowest BCUT2D eigenvalue weighted by molar-refractivity contribution is 0.426. The van der Waals surface area contributed by atoms with Crippen molar-refractivity contribution < 1.29 is 10.0 Å². The average molecular weight is 465 g/mol. The Labute approximate surface area is 207 Å². The second kappa shape index (κ2) is 8.02. The van der Waals surface area contributed by atoms with Crippen molar-refractivity contribution in [2.24, 2.45) is 0 Å². The number of hydrogen-bond acceptors (Lipinski definition) is 4. The summed E-state index contributed by atoms with van der Waals surface area (Å²) in [5, 5.41) is 24.7. The van der Waals surface area contributed by atoms with Crippen molar-refractivity contribution in [2.45, 2.75) is 0 Å². The van der Waals surface area contributed by atoms with E-state index in [1.165, 1.54) is 0 Å². The van der Waals surface area contributed by atoms with Gasteiger partial charge in [-0.3, -0.25) is 4.57 Å². The zero-order valence-corrected chi connectivity index (χ0v) is 19.2. The Morgan fingerprint density at radius 1 is 0.583 bits per heavy atom. The van der Waals surface area contributed by atoms with E-state index in [1.54, 1.807) is 6.07 Å². The van der Waals surface area contributed by atoms with Crippen molar-refractivity contribution in [3.05, 3.63) is 109 Å². The first kappa shape index (κ1) is 20.8. The molecule has 5 nitrogen and oxygen atoms in total. The van der Waals surface area contributed by atoms with Gasteiger partial charge in [0, 0.05) is 27.1 Å². The van der Waals surface area contributed by atoms with E-state index < -0.39 is 7.12 Å². The molecule has 5 aromatic carbocycles. The van der Waals surface area contributed by atoms with E-state index in [9.17, 15) is 10.0 Å². The van der Waals surface area contributed by atoms with E-state index in [1.807, 2.05) is 66.7 Å². The van der Waals surface area contributed by atoms with Crippen molar-refractivity contribution in [3.63, 3.8) is 0 Å². The SMILES string of the molecule is OB(O)c1ccc2c(c1)c1ccccc1n2-c1nc(-c2ccccc2)c2ccc3ccccc3c2n1. The van der Waals surface area contributed by atoms with Gasteiger partial charge in [-0.2, -0.15) is 0 Å². The highest BCUT2D eigenvalue weighted by atomic mass is 16.4. The molecule has 0 saturated heterocycles. The third kappa shape index (κ3) is 3.13. The van der Waals surface area contributed by atoms with Crippen LogP contribution in [0.4, 0.5) is 0 Å². The van der Waals surface area contributed by atoms with Gasteiger partial charge in [-0.1, -0.05) is 91.0 Å². The summed E-state index contributed by atoms with van der Waals surface area (Å²) in [5.41, 5.74) is 5.09. The molecule has 7 aromatic rings. The zero-order valence-electron chi connectivity index (χ0n) is 19.2. The van der Waals surface area contributed by atoms with E-state index >= 15 is 0 Å². The Balaban J connectivity index is 1.63. The summed E-state index contributed by atoms with van der Waals surface area (Å²) in [7, 11) is -1.54. The Morgan fingerprint density at radius 2 is 1.31 bits per heavy atom. The smallest absolute Gasteiger partial charge is 0.423 e. The minimum absolute atomic E-state index is 0.445. The monoisotopic (exact) mass is 465 g/mol. The molecule has 0 aliphatic carbocycles. The van der Waals surface area contributed by atoms with Crippen LogP contribution < -0.4 is 5.46 Å². The van der Waals surface area contributed by atoms with Gasteiger partial charge >= 0.3 is 7.12 Å². The van der Waals surface area contributed by atoms with Crippen molar-refractivity contribution >= 4 is 56.1 Å². The molecule has 2 aromatic heterocycles. The topological polar surface area (TPSA) is 71.2 Å². The molecule has 0 saturated carbocycles. The van der Waals surface area contributed by atoms with Gasteiger partial charge in [-0.15, -0.1) is 0 Å². The molecule has 7 rings (SSSR count). The van der Waals surface area contributed by atoms with E-state index in [0.29, 0.717) is 11.4 Å². The van der Waals surface area contributed by atoms with Crippen LogP contribution in [0.3, 0.4) is 0 Å². The standard InChI is InChI=1S/C30H20BN3O2/c35-31(36)21-15-17-27-25(18-21)23-12-6-7-13-26(23)34(27)30-32-28(20-9-2-1-3-10-20)24-16-14-19-8-4-5-11-22(19)29(24)33-30/h1-18,35-36H. The van der Waals surface area contributed by atoms with E-state index in [0.717, 1.165) is 54.7 Å². The lowest BCUT2D eigenvalue weighted by Gasteiger charge is -2.13. The van der Waals surface area contributed by atoms with Crippen molar-refractivity contribution in [3.8, 4) is 17.2 Å². The quantitative estimate of drug-likeness (QED) is 0.277. The zero-order chi connectivity index (χ0) is 24.2. The largest absolute Gasteiger partial charge is 0.488 e. The molecule has 0 radical (unpaired) electrons. The molecule has 6 heteroatoms. The van der Waals surface area contributed by atoms with Gasteiger partial charge in [0.15, 0.2) is 0 Å². The lowest BCUT2D eigenvalue weighted by Crippen LogP contribution is -2.29. The number of nitrogens with zero attached hydrogens (tertiary/aromatic N) is 3. The molecular weight excluding hydrogens is 445 g/mol. The Morgan fingerprint density at radius 3 is 2.14 bits per heavy atom. The first-order valence-electron chi connectivity index (χ1n) is 11.8. The predicted octanol–water partition coefficient (Wildman–Crippen LogP) is 5.23. The van der Waals surface area contributed by atoms with Crippen LogP contribution in [-0.4, -0.2) is 31.7 Å². The highest BCUT2D eigenvalue weighted by Crippen LogP contribution is 2.35. The molecule has 2 N–H and O–H groups in total. The summed E-state index contributed by atoms with van der Waals surface area (Å²) < 4.78 is 2.06. The van der Waals surface area contributed by atoms with Crippen molar-refractivity contribution in [1.29, 1.82) is 0 Å². The molecule has 2 heterocycles. The maximum atomic E-state index is 9.78. The number of benzene rings is 5. The van der Waals surface area contributed by atoms with E-state index in [-0.39, 0.29) is 0 Å². The number of fused-ring (bicyclic) bond motifs is 6. The molecule has 0 amide bonds. The molecule has 0 unspecified atom stereocenters. The average Bonchev–Trinajstić information content (AvgIpc) is 3.26. The Bertz CT molecular complexity index is 1930. The Hall–Kier alpha value is -4.52. The van der Waals surface area contributed by atoms with Gasteiger partial charge in [0.05, 0.1) is 22.2 Å². The summed E-state index contributed by atoms with van der Waals surface area (Å²) in [6.07, 6.45) is 0. The number of rotatable bonds is 3. The summed E-state index contributed by atoms with van der Waals surface area (Å²) >= 11 is 0. The minimum Gasteiger partial charge on any atom is -0.423 e. The second-order valence-corrected chi connectivity index (χ2v) is 8.92. The van der Waals surface area contributed by atoms with Gasteiger partial charge in [0.2, 0.25) is 5.95 Å². The van der Waals surface area contributed by atoms with Crippen LogP contribution in [0.15, 0.2) is 109 Å². The van der Waals surface area contributed by atoms with Gasteiger partial charge in [-0.05, 0) is 29.0 Å². The van der Waals surface area contributed by atoms with Crippen LogP contribution in [0.2, 0.25) is 0 Å². The molecule has 0 bridgehead atoms. The fourth-order valence-electron chi connectivity index (χ4n) is 5.13. The van der Waals surface area contributed by atoms with Crippen LogP contribution in [0.25, 0.3) is 60.7 Å². The van der Waals surface area contributed by atoms with Crippen LogP contribution in [0.5, 0.6) is 0 Å². The molecular formula is C30H20BN3O2. The van der Waals surface area contributed by atoms with Gasteiger partial charge in [0.25, 0.3) is 0 Å². The van der Waals surface area contributed by atoms with Crippen LogP contribution >= 0.6 is 0 Å². The maximum Gasteiger partial charge on any atom is 0.488 e. The fourth-order valence-corrected chi connectivity index (χ4v) is 5.13. The highest BCUT2D eigenvalue weighted by molar-refractivity contribution is 6.59. The third-order valence-corrected chi connectivity index (χ3v) is 6.82. The lowest BCUT2D eigenvalue weighted by atomic mass is 9.80. The normalized spacial score (nSPS) is 11.6. The summed E-state index contributed by atoms with van der Waals surface area (Å²) in [5.74, 6) is 0.571. The van der Waals surface area contributed by atoms with Crippen LogP contribution in [0, 0.1) is 0 Å². The maximum absolute atomic E-state index is 9.78. The van der Waals surface area contributed by atoms with Crippen LogP contribution in [0.1, 0.15) is 0 Å². The minimum atomic E-state index is -1.54. The van der Waals surface area contributed by atoms with Crippen molar-refractivity contribution in [2.75, 3.05) is 0 Å². The molecule has 36 heavy (non-hydrogen) atoms. The van der Waals surface area contributed by atoms with Gasteiger partial charge in [-0.25, -0.2) is 9.97 Å². The first-order valence-corrected chi connectivity index (χ1v) is 11.8. The summed E-state index contributed by atoms with van der Waals surface area (Å²) in [4.78, 5) is 10.3. The predicted molar refractivity (Wildman–Crippen MR) is 147 cm³/mol. The van der Waals surface area contributed by atoms with E-state index in [4.69, 9.17) is 9.97 Å². The van der Waals surface area contributed by atoms with Crippen LogP contribution in [-0.2, 0) is 0 Å². The molecule has 0 atom stereocenters. The number of hydrogen-bond donors (Lipinski definition) is 2. The summed E-state index contributed by atoms with van der Waals surface area (Å²) in [6, 6.07) is 36.2. The molecule has 170 valence electrons. The molecule has 0 spiro atoms. The fraction of sp³-hybridized carbons (Fsp3) is 0. The van der Waals surface area contributed by atoms with Gasteiger partial charge in [0.1, 0.15) is 0 Å². The highest BCUT2D eigenvalue weighted by Gasteiger charge is 2.20. The number of aromatic nitrogens is 3. The molecule has 0 fully saturated rings. The summed E-state index contributed by atoms with van der Waals surface area (Å²) in [6.45, 7) is 0.